The summed E-state index contributed by atoms with van der Waals surface area (Å²) in [6.45, 7) is 6.41. The summed E-state index contributed by atoms with van der Waals surface area (Å²) in [6.07, 6.45) is 5.60. The van der Waals surface area contributed by atoms with E-state index in [1.165, 1.54) is 10.8 Å². The molecule has 2 aromatic heterocycles. The van der Waals surface area contributed by atoms with E-state index in [1.807, 2.05) is 54.9 Å². The minimum atomic E-state index is 0.816. The first-order valence-corrected chi connectivity index (χ1v) is 19.8. The van der Waals surface area contributed by atoms with E-state index in [-0.39, 0.29) is 0 Å². The molecule has 0 spiro atoms. The number of para-hydroxylation sites is 4. The summed E-state index contributed by atoms with van der Waals surface area (Å²) < 4.78 is 15.1. The second-order valence-electron chi connectivity index (χ2n) is 15.0. The van der Waals surface area contributed by atoms with Crippen molar-refractivity contribution in [3.05, 3.63) is 206 Å². The number of nitrogens with zero attached hydrogens (tertiary/aromatic N) is 3. The average Bonchev–Trinajstić information content (AvgIpc) is 3.82. The fourth-order valence-corrected chi connectivity index (χ4v) is 8.48. The molecule has 0 saturated heterocycles. The van der Waals surface area contributed by atoms with Crippen LogP contribution in [0.1, 0.15) is 11.1 Å². The van der Waals surface area contributed by atoms with Gasteiger partial charge in [-0.2, -0.15) is 0 Å². The number of aryl methyl sites for hydroxylation is 1. The van der Waals surface area contributed by atoms with E-state index < -0.39 is 0 Å². The fourth-order valence-electron chi connectivity index (χ4n) is 8.48. The number of hydrogen-bond acceptors (Lipinski definition) is 4. The maximum atomic E-state index is 6.46. The third-order valence-electron chi connectivity index (χ3n) is 11.4. The van der Waals surface area contributed by atoms with Crippen molar-refractivity contribution in [2.45, 2.75) is 6.92 Å². The molecular weight excluding hydrogens is 723 g/mol. The van der Waals surface area contributed by atoms with Crippen molar-refractivity contribution >= 4 is 67.0 Å². The highest BCUT2D eigenvalue weighted by Gasteiger charge is 2.19. The van der Waals surface area contributed by atoms with E-state index in [0.717, 1.165) is 100 Å². The molecule has 3 heterocycles. The van der Waals surface area contributed by atoms with Gasteiger partial charge < -0.3 is 18.6 Å². The highest BCUT2D eigenvalue weighted by atomic mass is 16.5. The van der Waals surface area contributed by atoms with Crippen LogP contribution in [0, 0.1) is 6.92 Å². The van der Waals surface area contributed by atoms with Crippen molar-refractivity contribution in [3.8, 4) is 39.4 Å². The number of ether oxygens (including phenoxy) is 1. The predicted molar refractivity (Wildman–Crippen MR) is 245 cm³/mol. The molecule has 0 aliphatic carbocycles. The molecule has 11 rings (SSSR count). The molecule has 0 N–H and O–H groups in total. The molecule has 0 atom stereocenters. The Morgan fingerprint density at radius 1 is 0.542 bits per heavy atom. The van der Waals surface area contributed by atoms with Crippen LogP contribution in [0.2, 0.25) is 0 Å². The minimum Gasteiger partial charge on any atom is -0.457 e. The zero-order chi connectivity index (χ0) is 39.5. The number of hydrogen-bond donors (Lipinski definition) is 0. The molecule has 0 fully saturated rings. The molecule has 0 unspecified atom stereocenters. The molecule has 8 aromatic carbocycles. The lowest BCUT2D eigenvalue weighted by molar-refractivity contribution is 0.479. The van der Waals surface area contributed by atoms with E-state index in [0.29, 0.717) is 0 Å². The maximum absolute atomic E-state index is 6.46. The summed E-state index contributed by atoms with van der Waals surface area (Å²) in [6, 6.07) is 61.8. The van der Waals surface area contributed by atoms with E-state index >= 15 is 0 Å². The number of aliphatic imine (C=N–C) groups is 1. The molecule has 1 aliphatic heterocycles. The van der Waals surface area contributed by atoms with Crippen LogP contribution >= 0.6 is 0 Å². The summed E-state index contributed by atoms with van der Waals surface area (Å²) in [5.41, 5.74) is 14.5. The summed E-state index contributed by atoms with van der Waals surface area (Å²) in [5.74, 6) is 1.65. The van der Waals surface area contributed by atoms with Gasteiger partial charge in [0.15, 0.2) is 0 Å². The van der Waals surface area contributed by atoms with Crippen LogP contribution in [0.3, 0.4) is 0 Å². The zero-order valence-electron chi connectivity index (χ0n) is 32.3. The molecule has 10 aromatic rings. The van der Waals surface area contributed by atoms with Crippen LogP contribution in [0.25, 0.3) is 77.3 Å². The topological polar surface area (TPSA) is 42.9 Å². The van der Waals surface area contributed by atoms with Crippen LogP contribution in [0.5, 0.6) is 11.5 Å². The lowest BCUT2D eigenvalue weighted by atomic mass is 9.96. The van der Waals surface area contributed by atoms with Crippen LogP contribution < -0.4 is 9.64 Å². The number of anilines is 2. The molecule has 5 heteroatoms. The van der Waals surface area contributed by atoms with Gasteiger partial charge in [-0.05, 0) is 137 Å². The normalized spacial score (nSPS) is 13.2. The molecule has 0 saturated carbocycles. The summed E-state index contributed by atoms with van der Waals surface area (Å²) in [4.78, 5) is 6.69. The number of allylic oxidation sites excluding steroid dienone is 2. The van der Waals surface area contributed by atoms with Gasteiger partial charge in [0.05, 0.1) is 23.1 Å². The Kier molecular flexibility index (Phi) is 8.12. The molecule has 5 nitrogen and oxygen atoms in total. The molecule has 0 amide bonds. The van der Waals surface area contributed by atoms with Crippen molar-refractivity contribution < 1.29 is 9.15 Å². The largest absolute Gasteiger partial charge is 0.457 e. The smallest absolute Gasteiger partial charge is 0.135 e. The van der Waals surface area contributed by atoms with Crippen LogP contribution in [0.15, 0.2) is 204 Å². The average molecular weight is 760 g/mol. The summed E-state index contributed by atoms with van der Waals surface area (Å²) in [7, 11) is 0. The Balaban J connectivity index is 1.08. The lowest BCUT2D eigenvalue weighted by Gasteiger charge is -2.24. The molecule has 1 aliphatic rings. The van der Waals surface area contributed by atoms with Crippen molar-refractivity contribution in [1.29, 1.82) is 0 Å². The number of fused-ring (bicyclic) bond motifs is 7. The highest BCUT2D eigenvalue weighted by molar-refractivity contribution is 6.10. The quantitative estimate of drug-likeness (QED) is 0.170. The van der Waals surface area contributed by atoms with Gasteiger partial charge in [-0.25, -0.2) is 4.99 Å². The van der Waals surface area contributed by atoms with Gasteiger partial charge in [0.25, 0.3) is 0 Å². The van der Waals surface area contributed by atoms with Crippen molar-refractivity contribution in [2.75, 3.05) is 4.90 Å². The number of furan rings is 1. The fraction of sp³-hybridized carbons (Fsp3) is 0.0185. The van der Waals surface area contributed by atoms with Gasteiger partial charge in [-0.1, -0.05) is 91.5 Å². The lowest BCUT2D eigenvalue weighted by Crippen LogP contribution is -2.16. The minimum absolute atomic E-state index is 0.816. The summed E-state index contributed by atoms with van der Waals surface area (Å²) >= 11 is 0. The zero-order valence-corrected chi connectivity index (χ0v) is 32.3. The van der Waals surface area contributed by atoms with Gasteiger partial charge in [0.2, 0.25) is 0 Å². The van der Waals surface area contributed by atoms with Crippen LogP contribution in [0.4, 0.5) is 11.4 Å². The number of aromatic nitrogens is 1. The molecule has 59 heavy (non-hydrogen) atoms. The van der Waals surface area contributed by atoms with Gasteiger partial charge in [0, 0.05) is 44.7 Å². The Labute approximate surface area is 341 Å². The first-order valence-electron chi connectivity index (χ1n) is 19.8. The first-order chi connectivity index (χ1) is 29.1. The second kappa shape index (κ2) is 13.9. The monoisotopic (exact) mass is 759 g/mol. The summed E-state index contributed by atoms with van der Waals surface area (Å²) in [5, 5.41) is 4.53. The van der Waals surface area contributed by atoms with Crippen molar-refractivity contribution in [2.24, 2.45) is 4.99 Å². The molecule has 0 bridgehead atoms. The van der Waals surface area contributed by atoms with E-state index in [4.69, 9.17) is 9.15 Å². The van der Waals surface area contributed by atoms with Crippen molar-refractivity contribution in [3.63, 3.8) is 0 Å². The molecule has 280 valence electrons. The van der Waals surface area contributed by atoms with Crippen LogP contribution in [-0.4, -0.2) is 10.9 Å². The Morgan fingerprint density at radius 2 is 1.19 bits per heavy atom. The maximum Gasteiger partial charge on any atom is 0.135 e. The first kappa shape index (κ1) is 34.4. The molecular formula is C54H37N3O2. The SMILES string of the molecule is C=C1/C=C\N=CN(c2ccc3oc4ccc(-c5cc(-c6ccc(Oc7ccccc7)c(C)c6)cc(-n6c7ccccc7c7ccccc76)c5)cc4c3c2)c2ccccc21. The van der Waals surface area contributed by atoms with Gasteiger partial charge in [-0.15, -0.1) is 0 Å². The van der Waals surface area contributed by atoms with E-state index in [1.54, 1.807) is 6.20 Å². The Hall–Kier alpha value is -7.89. The standard InChI is InChI=1S/C54H37N3O2/c1-35-26-27-55-34-56(49-17-9-6-14-44(35)49)41-22-25-54-48(33-41)47-32-38(21-24-53(47)59-54)40-29-39(37-20-23-52(36(2)28-37)58-43-12-4-3-5-13-43)30-42(31-40)57-50-18-10-7-15-45(50)46-16-8-11-19-51(46)57/h3-34H,1H2,2H3/b27-26-,55-34?. The Morgan fingerprint density at radius 3 is 1.95 bits per heavy atom. The van der Waals surface area contributed by atoms with E-state index in [2.05, 4.69) is 161 Å². The Bertz CT molecular complexity index is 3300. The second-order valence-corrected chi connectivity index (χ2v) is 15.0. The molecule has 0 radical (unpaired) electrons. The van der Waals surface area contributed by atoms with Gasteiger partial charge in [-0.3, -0.25) is 0 Å². The third kappa shape index (κ3) is 5.99. The van der Waals surface area contributed by atoms with Gasteiger partial charge in [0.1, 0.15) is 22.7 Å². The third-order valence-corrected chi connectivity index (χ3v) is 11.4. The highest BCUT2D eigenvalue weighted by Crippen LogP contribution is 2.41. The number of rotatable bonds is 6. The van der Waals surface area contributed by atoms with E-state index in [9.17, 15) is 0 Å². The van der Waals surface area contributed by atoms with Gasteiger partial charge >= 0.3 is 0 Å². The predicted octanol–water partition coefficient (Wildman–Crippen LogP) is 14.8. The van der Waals surface area contributed by atoms with Crippen LogP contribution in [-0.2, 0) is 0 Å². The van der Waals surface area contributed by atoms with Crippen molar-refractivity contribution in [1.82, 2.24) is 4.57 Å². The number of benzene rings is 8.